The third kappa shape index (κ3) is 1.17. The first-order valence-electron chi connectivity index (χ1n) is 3.59. The minimum absolute atomic E-state index is 0.102. The summed E-state index contributed by atoms with van der Waals surface area (Å²) < 4.78 is 36.9. The average Bonchev–Trinajstić information content (AvgIpc) is 2.47. The quantitative estimate of drug-likeness (QED) is 0.684. The van der Waals surface area contributed by atoms with Gasteiger partial charge in [0.1, 0.15) is 0 Å². The molecule has 4 nitrogen and oxygen atoms in total. The van der Waals surface area contributed by atoms with Gasteiger partial charge in [-0.2, -0.15) is 18.3 Å². The van der Waals surface area contributed by atoms with Gasteiger partial charge in [-0.1, -0.05) is 0 Å². The van der Waals surface area contributed by atoms with E-state index in [0.29, 0.717) is 0 Å². The lowest BCUT2D eigenvalue weighted by atomic mass is 10.2. The van der Waals surface area contributed by atoms with Gasteiger partial charge in [0, 0.05) is 6.20 Å². The van der Waals surface area contributed by atoms with E-state index in [2.05, 4.69) is 15.2 Å². The van der Waals surface area contributed by atoms with Crippen molar-refractivity contribution in [3.05, 3.63) is 18.0 Å². The molecule has 0 atom stereocenters. The summed E-state index contributed by atoms with van der Waals surface area (Å²) in [7, 11) is 0. The lowest BCUT2D eigenvalue weighted by molar-refractivity contribution is -0.140. The number of aromatic nitrogens is 3. The number of fused-ring (bicyclic) bond motifs is 1. The maximum Gasteiger partial charge on any atom is 0.435 e. The Morgan fingerprint density at radius 1 is 1.36 bits per heavy atom. The first-order chi connectivity index (χ1) is 6.50. The van der Waals surface area contributed by atoms with Crippen LogP contribution in [0.1, 0.15) is 5.69 Å². The van der Waals surface area contributed by atoms with Gasteiger partial charge in [0.05, 0.1) is 10.9 Å². The Morgan fingerprint density at radius 2 is 2.07 bits per heavy atom. The minimum atomic E-state index is -4.60. The maximum atomic E-state index is 12.3. The fraction of sp³-hybridized carbons (Fsp3) is 0.143. The SMILES string of the molecule is Oc1nccc2[nH]nc(C(F)(F)F)c12. The molecule has 0 bridgehead atoms. The molecule has 0 fully saturated rings. The van der Waals surface area contributed by atoms with E-state index >= 15 is 0 Å². The van der Waals surface area contributed by atoms with E-state index in [4.69, 9.17) is 5.11 Å². The molecule has 2 rings (SSSR count). The van der Waals surface area contributed by atoms with Gasteiger partial charge < -0.3 is 5.11 Å². The van der Waals surface area contributed by atoms with Crippen LogP contribution in [-0.2, 0) is 6.18 Å². The number of H-pyrrole nitrogens is 1. The Kier molecular flexibility index (Phi) is 1.63. The summed E-state index contributed by atoms with van der Waals surface area (Å²) in [4.78, 5) is 3.35. The first-order valence-corrected chi connectivity index (χ1v) is 3.59. The molecule has 2 N–H and O–H groups in total. The van der Waals surface area contributed by atoms with Crippen molar-refractivity contribution in [2.45, 2.75) is 6.18 Å². The summed E-state index contributed by atoms with van der Waals surface area (Å²) >= 11 is 0. The topological polar surface area (TPSA) is 61.8 Å². The molecular formula is C7H4F3N3O. The fourth-order valence-corrected chi connectivity index (χ4v) is 1.15. The second kappa shape index (κ2) is 2.60. The summed E-state index contributed by atoms with van der Waals surface area (Å²) in [6.07, 6.45) is -3.41. The van der Waals surface area contributed by atoms with Gasteiger partial charge in [0.25, 0.3) is 0 Å². The number of aromatic hydroxyl groups is 1. The van der Waals surface area contributed by atoms with Crippen LogP contribution in [0, 0.1) is 0 Å². The smallest absolute Gasteiger partial charge is 0.435 e. The highest BCUT2D eigenvalue weighted by atomic mass is 19.4. The van der Waals surface area contributed by atoms with E-state index in [1.807, 2.05) is 0 Å². The van der Waals surface area contributed by atoms with E-state index in [-0.39, 0.29) is 5.52 Å². The fourth-order valence-electron chi connectivity index (χ4n) is 1.15. The zero-order valence-electron chi connectivity index (χ0n) is 6.63. The van der Waals surface area contributed by atoms with Crippen molar-refractivity contribution in [3.8, 4) is 5.88 Å². The third-order valence-electron chi connectivity index (χ3n) is 1.72. The van der Waals surface area contributed by atoms with E-state index in [1.54, 1.807) is 0 Å². The zero-order chi connectivity index (χ0) is 10.3. The number of pyridine rings is 1. The lowest BCUT2D eigenvalue weighted by Gasteiger charge is -2.02. The maximum absolute atomic E-state index is 12.3. The number of halogens is 3. The molecule has 14 heavy (non-hydrogen) atoms. The van der Waals surface area contributed by atoms with Crippen LogP contribution in [0.4, 0.5) is 13.2 Å². The highest BCUT2D eigenvalue weighted by Crippen LogP contribution is 2.35. The Labute approximate surface area is 75.4 Å². The molecule has 7 heteroatoms. The zero-order valence-corrected chi connectivity index (χ0v) is 6.63. The normalized spacial score (nSPS) is 12.2. The standard InChI is InChI=1S/C7H4F3N3O/c8-7(9,10)5-4-3(12-13-5)1-2-11-6(4)14/h1-2H,(H,11,14)(H,12,13). The van der Waals surface area contributed by atoms with Crippen LogP contribution in [0.5, 0.6) is 5.88 Å². The highest BCUT2D eigenvalue weighted by molar-refractivity contribution is 5.86. The van der Waals surface area contributed by atoms with Crippen molar-refractivity contribution in [1.29, 1.82) is 0 Å². The van der Waals surface area contributed by atoms with Gasteiger partial charge in [-0.3, -0.25) is 5.10 Å². The number of nitrogens with zero attached hydrogens (tertiary/aromatic N) is 2. The third-order valence-corrected chi connectivity index (χ3v) is 1.72. The molecule has 0 radical (unpaired) electrons. The Bertz CT molecular complexity index is 476. The highest BCUT2D eigenvalue weighted by Gasteiger charge is 2.37. The van der Waals surface area contributed by atoms with Crippen LogP contribution in [0.15, 0.2) is 12.3 Å². The summed E-state index contributed by atoms with van der Waals surface area (Å²) in [6, 6.07) is 1.30. The summed E-state index contributed by atoms with van der Waals surface area (Å²) in [5, 5.41) is 14.0. The van der Waals surface area contributed by atoms with Crippen molar-refractivity contribution in [2.75, 3.05) is 0 Å². The Morgan fingerprint density at radius 3 is 2.71 bits per heavy atom. The largest absolute Gasteiger partial charge is 0.493 e. The summed E-state index contributed by atoms with van der Waals surface area (Å²) in [5.74, 6) is -0.677. The second-order valence-electron chi connectivity index (χ2n) is 2.63. The molecule has 0 saturated carbocycles. The molecule has 0 spiro atoms. The van der Waals surface area contributed by atoms with Crippen LogP contribution in [-0.4, -0.2) is 20.3 Å². The number of hydrogen-bond acceptors (Lipinski definition) is 3. The van der Waals surface area contributed by atoms with Gasteiger partial charge in [-0.25, -0.2) is 4.98 Å². The lowest BCUT2D eigenvalue weighted by Crippen LogP contribution is -2.06. The van der Waals surface area contributed by atoms with E-state index in [1.165, 1.54) is 12.3 Å². The second-order valence-corrected chi connectivity index (χ2v) is 2.63. The molecule has 2 aromatic rings. The van der Waals surface area contributed by atoms with Gasteiger partial charge >= 0.3 is 6.18 Å². The predicted molar refractivity (Wildman–Crippen MR) is 40.6 cm³/mol. The van der Waals surface area contributed by atoms with Crippen LogP contribution in [0.2, 0.25) is 0 Å². The van der Waals surface area contributed by atoms with Crippen molar-refractivity contribution in [1.82, 2.24) is 15.2 Å². The first kappa shape index (κ1) is 8.79. The molecule has 2 aromatic heterocycles. The molecule has 0 amide bonds. The van der Waals surface area contributed by atoms with E-state index in [9.17, 15) is 13.2 Å². The Balaban J connectivity index is 2.80. The van der Waals surface area contributed by atoms with Crippen LogP contribution >= 0.6 is 0 Å². The van der Waals surface area contributed by atoms with Crippen molar-refractivity contribution in [2.24, 2.45) is 0 Å². The van der Waals surface area contributed by atoms with Gasteiger partial charge in [-0.05, 0) is 6.07 Å². The van der Waals surface area contributed by atoms with Crippen molar-refractivity contribution in [3.63, 3.8) is 0 Å². The summed E-state index contributed by atoms with van der Waals surface area (Å²) in [5.41, 5.74) is -1.05. The number of nitrogens with one attached hydrogen (secondary N) is 1. The van der Waals surface area contributed by atoms with Crippen molar-refractivity contribution < 1.29 is 18.3 Å². The monoisotopic (exact) mass is 203 g/mol. The average molecular weight is 203 g/mol. The van der Waals surface area contributed by atoms with Gasteiger partial charge in [0.2, 0.25) is 5.88 Å². The number of rotatable bonds is 0. The number of alkyl halides is 3. The molecule has 0 saturated heterocycles. The molecule has 0 aliphatic heterocycles. The van der Waals surface area contributed by atoms with Gasteiger partial charge in [-0.15, -0.1) is 0 Å². The van der Waals surface area contributed by atoms with Crippen molar-refractivity contribution >= 4 is 10.9 Å². The molecule has 0 unspecified atom stereocenters. The molecule has 0 aliphatic carbocycles. The molecule has 2 heterocycles. The predicted octanol–water partition coefficient (Wildman–Crippen LogP) is 1.68. The number of aromatic amines is 1. The van der Waals surface area contributed by atoms with Crippen LogP contribution in [0.3, 0.4) is 0 Å². The number of hydrogen-bond donors (Lipinski definition) is 2. The van der Waals surface area contributed by atoms with E-state index < -0.39 is 23.1 Å². The van der Waals surface area contributed by atoms with Gasteiger partial charge in [0.15, 0.2) is 5.69 Å². The van der Waals surface area contributed by atoms with E-state index in [0.717, 1.165) is 0 Å². The molecule has 0 aliphatic rings. The van der Waals surface area contributed by atoms with Crippen LogP contribution < -0.4 is 0 Å². The molecule has 74 valence electrons. The molecular weight excluding hydrogens is 199 g/mol. The Hall–Kier alpha value is -1.79. The minimum Gasteiger partial charge on any atom is -0.493 e. The van der Waals surface area contributed by atoms with Crippen LogP contribution in [0.25, 0.3) is 10.9 Å². The summed E-state index contributed by atoms with van der Waals surface area (Å²) in [6.45, 7) is 0. The molecule has 0 aromatic carbocycles.